The van der Waals surface area contributed by atoms with E-state index in [1.165, 1.54) is 52.8 Å². The van der Waals surface area contributed by atoms with Crippen LogP contribution in [-0.2, 0) is 0 Å². The molecular weight excluding hydrogens is 605 g/mol. The van der Waals surface area contributed by atoms with Gasteiger partial charge >= 0.3 is 0 Å². The Kier molecular flexibility index (Phi) is 5.77. The van der Waals surface area contributed by atoms with Crippen LogP contribution < -0.4 is 0 Å². The SMILES string of the molecule is N#Cc1nc(-c2ccc(-n3c4ccccc4c4cc(-c5ccc6sc7ccc8ccccc8c7c6c5)ccc43)cc2)nc2ccccc12. The predicted molar refractivity (Wildman–Crippen MR) is 200 cm³/mol. The Balaban J connectivity index is 1.10. The van der Waals surface area contributed by atoms with Crippen LogP contribution in [0, 0.1) is 11.3 Å². The first-order chi connectivity index (χ1) is 23.7. The Morgan fingerprint density at radius 2 is 1.19 bits per heavy atom. The summed E-state index contributed by atoms with van der Waals surface area (Å²) in [4.78, 5) is 9.35. The Bertz CT molecular complexity index is 2960. The summed E-state index contributed by atoms with van der Waals surface area (Å²) in [6.07, 6.45) is 0. The van der Waals surface area contributed by atoms with Gasteiger partial charge in [-0.15, -0.1) is 11.3 Å². The van der Waals surface area contributed by atoms with Crippen molar-refractivity contribution in [1.82, 2.24) is 14.5 Å². The Labute approximate surface area is 279 Å². The molecule has 10 aromatic rings. The molecule has 10 rings (SSSR count). The summed E-state index contributed by atoms with van der Waals surface area (Å²) in [5, 5.41) is 18.2. The highest BCUT2D eigenvalue weighted by Crippen LogP contribution is 2.41. The summed E-state index contributed by atoms with van der Waals surface area (Å²) in [6, 6.07) is 53.7. The first kappa shape index (κ1) is 26.8. The quantitative estimate of drug-likeness (QED) is 0.196. The molecule has 0 fully saturated rings. The van der Waals surface area contributed by atoms with Crippen molar-refractivity contribution in [3.8, 4) is 34.3 Å². The van der Waals surface area contributed by atoms with Crippen LogP contribution in [0.25, 0.3) is 91.9 Å². The molecule has 0 radical (unpaired) electrons. The van der Waals surface area contributed by atoms with Crippen LogP contribution in [0.4, 0.5) is 0 Å². The van der Waals surface area contributed by atoms with E-state index in [-0.39, 0.29) is 0 Å². The smallest absolute Gasteiger partial charge is 0.161 e. The maximum atomic E-state index is 9.74. The number of thiophene rings is 1. The van der Waals surface area contributed by atoms with Crippen LogP contribution in [0.2, 0.25) is 0 Å². The van der Waals surface area contributed by atoms with Gasteiger partial charge in [0.25, 0.3) is 0 Å². The first-order valence-electron chi connectivity index (χ1n) is 15.9. The molecule has 0 aliphatic rings. The van der Waals surface area contributed by atoms with Crippen molar-refractivity contribution in [3.63, 3.8) is 0 Å². The van der Waals surface area contributed by atoms with Gasteiger partial charge in [-0.3, -0.25) is 0 Å². The van der Waals surface area contributed by atoms with Crippen LogP contribution in [-0.4, -0.2) is 14.5 Å². The summed E-state index contributed by atoms with van der Waals surface area (Å²) in [5.41, 5.74) is 7.78. The number of benzene rings is 7. The van der Waals surface area contributed by atoms with E-state index in [0.29, 0.717) is 11.5 Å². The Morgan fingerprint density at radius 1 is 0.521 bits per heavy atom. The number of aromatic nitrogens is 3. The minimum absolute atomic E-state index is 0.387. The fourth-order valence-corrected chi connectivity index (χ4v) is 8.31. The third kappa shape index (κ3) is 4.00. The van der Waals surface area contributed by atoms with Crippen molar-refractivity contribution in [2.24, 2.45) is 0 Å². The molecule has 0 saturated heterocycles. The molecular formula is C43H24N4S. The van der Waals surface area contributed by atoms with Crippen LogP contribution in [0.15, 0.2) is 146 Å². The number of nitrogens with zero attached hydrogens (tertiary/aromatic N) is 4. The molecule has 48 heavy (non-hydrogen) atoms. The van der Waals surface area contributed by atoms with Gasteiger partial charge in [0.15, 0.2) is 11.5 Å². The largest absolute Gasteiger partial charge is 0.309 e. The van der Waals surface area contributed by atoms with Crippen molar-refractivity contribution in [2.45, 2.75) is 0 Å². The van der Waals surface area contributed by atoms with E-state index in [4.69, 9.17) is 4.98 Å². The minimum atomic E-state index is 0.387. The number of rotatable bonds is 3. The fraction of sp³-hybridized carbons (Fsp3) is 0. The third-order valence-electron chi connectivity index (χ3n) is 9.46. The van der Waals surface area contributed by atoms with Gasteiger partial charge in [0, 0.05) is 47.6 Å². The molecule has 0 aliphatic heterocycles. The Hall–Kier alpha value is -6.35. The monoisotopic (exact) mass is 628 g/mol. The van der Waals surface area contributed by atoms with Crippen LogP contribution in [0.1, 0.15) is 5.69 Å². The highest BCUT2D eigenvalue weighted by Gasteiger charge is 2.16. The number of nitriles is 1. The summed E-state index contributed by atoms with van der Waals surface area (Å²) in [6.45, 7) is 0. The summed E-state index contributed by atoms with van der Waals surface area (Å²) >= 11 is 1.86. The number of hydrogen-bond donors (Lipinski definition) is 0. The lowest BCUT2D eigenvalue weighted by atomic mass is 9.99. The zero-order valence-corrected chi connectivity index (χ0v) is 26.4. The molecule has 0 spiro atoms. The van der Waals surface area contributed by atoms with Crippen LogP contribution in [0.5, 0.6) is 0 Å². The molecule has 222 valence electrons. The van der Waals surface area contributed by atoms with Gasteiger partial charge in [-0.2, -0.15) is 5.26 Å². The molecule has 5 heteroatoms. The predicted octanol–water partition coefficient (Wildman–Crippen LogP) is 11.5. The fourth-order valence-electron chi connectivity index (χ4n) is 7.21. The van der Waals surface area contributed by atoms with Gasteiger partial charge in [-0.25, -0.2) is 9.97 Å². The molecule has 0 atom stereocenters. The molecule has 0 bridgehead atoms. The second kappa shape index (κ2) is 10.3. The first-order valence-corrected chi connectivity index (χ1v) is 16.7. The summed E-state index contributed by atoms with van der Waals surface area (Å²) < 4.78 is 4.95. The second-order valence-electron chi connectivity index (χ2n) is 12.1. The van der Waals surface area contributed by atoms with Crippen molar-refractivity contribution in [3.05, 3.63) is 151 Å². The summed E-state index contributed by atoms with van der Waals surface area (Å²) in [7, 11) is 0. The van der Waals surface area contributed by atoms with Crippen LogP contribution in [0.3, 0.4) is 0 Å². The highest BCUT2D eigenvalue weighted by atomic mass is 32.1. The van der Waals surface area contributed by atoms with Gasteiger partial charge in [-0.1, -0.05) is 72.8 Å². The van der Waals surface area contributed by atoms with Gasteiger partial charge < -0.3 is 4.57 Å². The molecule has 3 aromatic heterocycles. The standard InChI is InChI=1S/C43H24N4S/c44-25-37-33-10-3-5-11-36(33)45-43(46-37)27-13-18-30(19-14-27)47-38-12-6-4-9-32(38)34-23-28(15-20-39(34)47)29-17-21-40-35(24-29)42-31-8-2-1-7-26(31)16-22-41(42)48-40/h1-24H. The lowest BCUT2D eigenvalue weighted by molar-refractivity contribution is 1.17. The lowest BCUT2D eigenvalue weighted by Crippen LogP contribution is -1.97. The van der Waals surface area contributed by atoms with E-state index in [2.05, 4.69) is 125 Å². The molecule has 0 N–H and O–H groups in total. The zero-order valence-electron chi connectivity index (χ0n) is 25.6. The number of para-hydroxylation sites is 2. The second-order valence-corrected chi connectivity index (χ2v) is 13.2. The van der Waals surface area contributed by atoms with Crippen molar-refractivity contribution in [1.29, 1.82) is 5.26 Å². The van der Waals surface area contributed by atoms with E-state index in [1.807, 2.05) is 47.7 Å². The number of fused-ring (bicyclic) bond motifs is 9. The van der Waals surface area contributed by atoms with Crippen molar-refractivity contribution >= 4 is 75.0 Å². The summed E-state index contributed by atoms with van der Waals surface area (Å²) in [5.74, 6) is 0.548. The van der Waals surface area contributed by atoms with Crippen LogP contribution >= 0.6 is 11.3 Å². The molecule has 7 aromatic carbocycles. The highest BCUT2D eigenvalue weighted by molar-refractivity contribution is 7.26. The van der Waals surface area contributed by atoms with E-state index in [0.717, 1.165) is 33.2 Å². The van der Waals surface area contributed by atoms with Gasteiger partial charge in [0.1, 0.15) is 6.07 Å². The maximum Gasteiger partial charge on any atom is 0.161 e. The van der Waals surface area contributed by atoms with Gasteiger partial charge in [0.05, 0.1) is 16.6 Å². The average molecular weight is 629 g/mol. The average Bonchev–Trinajstić information content (AvgIpc) is 3.70. The molecule has 0 saturated carbocycles. The molecule has 0 aliphatic carbocycles. The molecule has 4 nitrogen and oxygen atoms in total. The van der Waals surface area contributed by atoms with E-state index >= 15 is 0 Å². The normalized spacial score (nSPS) is 11.7. The van der Waals surface area contributed by atoms with Crippen molar-refractivity contribution in [2.75, 3.05) is 0 Å². The van der Waals surface area contributed by atoms with Gasteiger partial charge in [-0.05, 0) is 94.7 Å². The Morgan fingerprint density at radius 3 is 2.04 bits per heavy atom. The third-order valence-corrected chi connectivity index (χ3v) is 10.6. The lowest BCUT2D eigenvalue weighted by Gasteiger charge is -2.10. The van der Waals surface area contributed by atoms with E-state index in [1.54, 1.807) is 0 Å². The van der Waals surface area contributed by atoms with E-state index < -0.39 is 0 Å². The topological polar surface area (TPSA) is 54.5 Å². The molecule has 0 unspecified atom stereocenters. The number of hydrogen-bond acceptors (Lipinski definition) is 4. The molecule has 3 heterocycles. The van der Waals surface area contributed by atoms with E-state index in [9.17, 15) is 5.26 Å². The zero-order chi connectivity index (χ0) is 31.8. The molecule has 0 amide bonds. The minimum Gasteiger partial charge on any atom is -0.309 e. The van der Waals surface area contributed by atoms with Crippen molar-refractivity contribution < 1.29 is 0 Å². The van der Waals surface area contributed by atoms with Gasteiger partial charge in [0.2, 0.25) is 0 Å². The maximum absolute atomic E-state index is 9.74.